The highest BCUT2D eigenvalue weighted by Crippen LogP contribution is 2.16. The van der Waals surface area contributed by atoms with Crippen LogP contribution in [0.5, 0.6) is 0 Å². The predicted molar refractivity (Wildman–Crippen MR) is 43.3 cm³/mol. The van der Waals surface area contributed by atoms with Crippen LogP contribution < -0.4 is 0 Å². The van der Waals surface area contributed by atoms with Crippen LogP contribution in [-0.4, -0.2) is 9.91 Å². The van der Waals surface area contributed by atoms with Gasteiger partial charge in [0.2, 0.25) is 4.60 Å². The molecule has 0 unspecified atom stereocenters. The van der Waals surface area contributed by atoms with Crippen LogP contribution in [0.2, 0.25) is 0 Å². The molecule has 4 nitrogen and oxygen atoms in total. The second kappa shape index (κ2) is 2.96. The Morgan fingerprint density at radius 1 is 1.64 bits per heavy atom. The van der Waals surface area contributed by atoms with Crippen molar-refractivity contribution in [1.82, 2.24) is 4.98 Å². The maximum atomic E-state index is 10.2. The second-order valence-electron chi connectivity index (χ2n) is 2.03. The van der Waals surface area contributed by atoms with E-state index in [0.717, 1.165) is 5.56 Å². The highest BCUT2D eigenvalue weighted by molar-refractivity contribution is 9.10. The zero-order valence-electron chi connectivity index (χ0n) is 5.74. The normalized spacial score (nSPS) is 9.64. The highest BCUT2D eigenvalue weighted by atomic mass is 79.9. The average Bonchev–Trinajstić information content (AvgIpc) is 1.94. The molecule has 0 aliphatic heterocycles. The minimum atomic E-state index is -0.524. The molecule has 0 aliphatic carbocycles. The summed E-state index contributed by atoms with van der Waals surface area (Å²) < 4.78 is 0.520. The summed E-state index contributed by atoms with van der Waals surface area (Å²) in [6.45, 7) is 1.82. The highest BCUT2D eigenvalue weighted by Gasteiger charge is 2.09. The third-order valence-corrected chi connectivity index (χ3v) is 2.01. The molecule has 0 amide bonds. The molecular formula is C6H5BrN2O2. The van der Waals surface area contributed by atoms with Crippen LogP contribution in [0, 0.1) is 17.0 Å². The Balaban J connectivity index is 3.15. The first-order valence-corrected chi connectivity index (χ1v) is 3.68. The molecule has 0 spiro atoms. The van der Waals surface area contributed by atoms with Gasteiger partial charge in [-0.15, -0.1) is 0 Å². The fraction of sp³-hybridized carbons (Fsp3) is 0.167. The summed E-state index contributed by atoms with van der Waals surface area (Å²) in [6.07, 6.45) is 0. The van der Waals surface area contributed by atoms with E-state index in [1.807, 2.05) is 6.92 Å². The summed E-state index contributed by atoms with van der Waals surface area (Å²) in [4.78, 5) is 13.4. The molecule has 0 radical (unpaired) electrons. The molecule has 0 N–H and O–H groups in total. The van der Waals surface area contributed by atoms with Gasteiger partial charge in [-0.05, 0) is 22.9 Å². The summed E-state index contributed by atoms with van der Waals surface area (Å²) in [6, 6.07) is 3.02. The Morgan fingerprint density at radius 2 is 2.27 bits per heavy atom. The molecule has 11 heavy (non-hydrogen) atoms. The van der Waals surface area contributed by atoms with E-state index in [2.05, 4.69) is 20.9 Å². The van der Waals surface area contributed by atoms with Gasteiger partial charge in [0.25, 0.3) is 0 Å². The van der Waals surface area contributed by atoms with Crippen molar-refractivity contribution in [2.75, 3.05) is 0 Å². The van der Waals surface area contributed by atoms with E-state index in [1.165, 1.54) is 6.07 Å². The summed E-state index contributed by atoms with van der Waals surface area (Å²) >= 11 is 3.10. The molecule has 1 aromatic heterocycles. The number of hydrogen-bond donors (Lipinski definition) is 0. The molecule has 0 aromatic carbocycles. The van der Waals surface area contributed by atoms with E-state index in [9.17, 15) is 10.1 Å². The van der Waals surface area contributed by atoms with Crippen molar-refractivity contribution < 1.29 is 4.92 Å². The number of aryl methyl sites for hydroxylation is 1. The number of hydrogen-bond acceptors (Lipinski definition) is 3. The predicted octanol–water partition coefficient (Wildman–Crippen LogP) is 2.06. The minimum absolute atomic E-state index is 0.137. The van der Waals surface area contributed by atoms with Crippen molar-refractivity contribution in [1.29, 1.82) is 0 Å². The van der Waals surface area contributed by atoms with E-state index in [1.54, 1.807) is 6.07 Å². The standard InChI is InChI=1S/C6H5BrN2O2/c1-4-2-3-5(9(10)11)8-6(4)7/h2-3H,1H3. The van der Waals surface area contributed by atoms with Gasteiger partial charge in [-0.1, -0.05) is 0 Å². The Morgan fingerprint density at radius 3 is 2.73 bits per heavy atom. The van der Waals surface area contributed by atoms with Crippen LogP contribution in [0.3, 0.4) is 0 Å². The van der Waals surface area contributed by atoms with Crippen molar-refractivity contribution in [2.45, 2.75) is 6.92 Å². The molecule has 1 aromatic rings. The van der Waals surface area contributed by atoms with Crippen LogP contribution in [0.4, 0.5) is 5.82 Å². The monoisotopic (exact) mass is 216 g/mol. The Kier molecular flexibility index (Phi) is 2.19. The first-order valence-electron chi connectivity index (χ1n) is 2.89. The van der Waals surface area contributed by atoms with Crippen LogP contribution in [-0.2, 0) is 0 Å². The zero-order valence-corrected chi connectivity index (χ0v) is 7.33. The molecule has 5 heteroatoms. The number of nitrogens with zero attached hydrogens (tertiary/aromatic N) is 2. The first-order chi connectivity index (χ1) is 5.11. The number of pyridine rings is 1. The fourth-order valence-electron chi connectivity index (χ4n) is 0.596. The Bertz CT molecular complexity index is 301. The lowest BCUT2D eigenvalue weighted by molar-refractivity contribution is -0.389. The van der Waals surface area contributed by atoms with Crippen LogP contribution in [0.15, 0.2) is 16.7 Å². The smallest absolute Gasteiger partial charge is 0.358 e. The van der Waals surface area contributed by atoms with Gasteiger partial charge in [0.1, 0.15) is 0 Å². The molecule has 0 aliphatic rings. The molecule has 1 rings (SSSR count). The molecule has 58 valence electrons. The van der Waals surface area contributed by atoms with E-state index in [-0.39, 0.29) is 5.82 Å². The topological polar surface area (TPSA) is 56.0 Å². The van der Waals surface area contributed by atoms with Gasteiger partial charge in [0.05, 0.1) is 0 Å². The minimum Gasteiger partial charge on any atom is -0.358 e. The summed E-state index contributed by atoms with van der Waals surface area (Å²) in [7, 11) is 0. The molecule has 0 fully saturated rings. The Labute approximate surface area is 71.5 Å². The van der Waals surface area contributed by atoms with Gasteiger partial charge in [-0.2, -0.15) is 0 Å². The van der Waals surface area contributed by atoms with Crippen molar-refractivity contribution in [3.63, 3.8) is 0 Å². The number of nitro groups is 1. The van der Waals surface area contributed by atoms with Crippen LogP contribution in [0.25, 0.3) is 0 Å². The largest absolute Gasteiger partial charge is 0.364 e. The lowest BCUT2D eigenvalue weighted by Gasteiger charge is -1.92. The second-order valence-corrected chi connectivity index (χ2v) is 2.79. The maximum absolute atomic E-state index is 10.2. The molecule has 0 saturated carbocycles. The van der Waals surface area contributed by atoms with Crippen LogP contribution in [0.1, 0.15) is 5.56 Å². The van der Waals surface area contributed by atoms with Crippen molar-refractivity contribution in [2.24, 2.45) is 0 Å². The first kappa shape index (κ1) is 8.13. The Hall–Kier alpha value is -0.970. The maximum Gasteiger partial charge on any atom is 0.364 e. The van der Waals surface area contributed by atoms with Gasteiger partial charge in [-0.3, -0.25) is 0 Å². The lowest BCUT2D eigenvalue weighted by Crippen LogP contribution is -1.92. The third-order valence-electron chi connectivity index (χ3n) is 1.21. The molecule has 1 heterocycles. The molecule has 0 atom stereocenters. The lowest BCUT2D eigenvalue weighted by atomic mass is 10.3. The van der Waals surface area contributed by atoms with E-state index in [4.69, 9.17) is 0 Å². The SMILES string of the molecule is Cc1ccc([N+](=O)[O-])nc1Br. The van der Waals surface area contributed by atoms with Crippen molar-refractivity contribution in [3.8, 4) is 0 Å². The third kappa shape index (κ3) is 1.74. The molecule has 0 bridgehead atoms. The van der Waals surface area contributed by atoms with Gasteiger partial charge in [0, 0.05) is 27.6 Å². The van der Waals surface area contributed by atoms with Gasteiger partial charge in [0.15, 0.2) is 0 Å². The molecule has 0 saturated heterocycles. The van der Waals surface area contributed by atoms with E-state index in [0.29, 0.717) is 4.60 Å². The summed E-state index contributed by atoms with van der Waals surface area (Å²) in [5, 5.41) is 10.2. The van der Waals surface area contributed by atoms with Crippen LogP contribution >= 0.6 is 15.9 Å². The van der Waals surface area contributed by atoms with Gasteiger partial charge in [-0.25, -0.2) is 0 Å². The van der Waals surface area contributed by atoms with E-state index < -0.39 is 4.92 Å². The number of halogens is 1. The van der Waals surface area contributed by atoms with Gasteiger partial charge >= 0.3 is 5.82 Å². The fourth-order valence-corrected chi connectivity index (χ4v) is 0.910. The zero-order chi connectivity index (χ0) is 8.43. The van der Waals surface area contributed by atoms with Crippen molar-refractivity contribution in [3.05, 3.63) is 32.4 Å². The summed E-state index contributed by atoms with van der Waals surface area (Å²) in [5.74, 6) is -0.137. The number of rotatable bonds is 1. The number of aromatic nitrogens is 1. The molecular weight excluding hydrogens is 212 g/mol. The van der Waals surface area contributed by atoms with Gasteiger partial charge < -0.3 is 10.1 Å². The summed E-state index contributed by atoms with van der Waals surface area (Å²) in [5.41, 5.74) is 0.885. The van der Waals surface area contributed by atoms with E-state index >= 15 is 0 Å². The van der Waals surface area contributed by atoms with Crippen molar-refractivity contribution >= 4 is 21.7 Å². The quantitative estimate of drug-likeness (QED) is 0.411. The average molecular weight is 217 g/mol.